The van der Waals surface area contributed by atoms with Crippen LogP contribution < -0.4 is 11.5 Å². The van der Waals surface area contributed by atoms with E-state index in [4.69, 9.17) is 16.9 Å². The summed E-state index contributed by atoms with van der Waals surface area (Å²) in [6.45, 7) is 2.01. The highest BCUT2D eigenvalue weighted by atomic mass is 15.1. The van der Waals surface area contributed by atoms with E-state index in [2.05, 4.69) is 15.2 Å². The summed E-state index contributed by atoms with van der Waals surface area (Å²) in [5.74, 6) is 0.360. The Balaban J connectivity index is 2.01. The minimum Gasteiger partial charge on any atom is -0.384 e. The van der Waals surface area contributed by atoms with Crippen LogP contribution in [0.2, 0.25) is 0 Å². The molecule has 6 nitrogen and oxygen atoms in total. The molecule has 0 radical (unpaired) electrons. The Hall–Kier alpha value is -3.28. The molecule has 0 atom stereocenters. The average molecular weight is 304 g/mol. The first-order valence-corrected chi connectivity index (χ1v) is 7.05. The molecule has 5 N–H and O–H groups in total. The summed E-state index contributed by atoms with van der Waals surface area (Å²) >= 11 is 0. The number of aryl methyl sites for hydroxylation is 1. The van der Waals surface area contributed by atoms with Gasteiger partial charge in [0.1, 0.15) is 11.5 Å². The lowest BCUT2D eigenvalue weighted by Gasteiger charge is -2.05. The number of anilines is 1. The van der Waals surface area contributed by atoms with Gasteiger partial charge < -0.3 is 11.5 Å². The van der Waals surface area contributed by atoms with Crippen molar-refractivity contribution < 1.29 is 0 Å². The number of amidine groups is 1. The van der Waals surface area contributed by atoms with Crippen molar-refractivity contribution >= 4 is 33.8 Å². The van der Waals surface area contributed by atoms with Crippen molar-refractivity contribution in [2.24, 2.45) is 16.0 Å². The van der Waals surface area contributed by atoms with Crippen molar-refractivity contribution in [2.45, 2.75) is 6.92 Å². The third kappa shape index (κ3) is 3.01. The zero-order valence-electron chi connectivity index (χ0n) is 12.6. The van der Waals surface area contributed by atoms with Gasteiger partial charge in [-0.25, -0.2) is 4.98 Å². The van der Waals surface area contributed by atoms with Crippen LogP contribution in [0, 0.1) is 12.3 Å². The first-order chi connectivity index (χ1) is 11.0. The topological polar surface area (TPSA) is 113 Å². The molecular formula is C17H16N6. The standard InChI is InChI=1S/C17H16N6/c1-10-2-3-12-9-21-17(20)15(14(12)8-10)23-22-13-6-4-11(5-7-13)16(18)19/h2-9H,1H3,(H3,18,19)(H2,20,21). The zero-order valence-corrected chi connectivity index (χ0v) is 12.6. The van der Waals surface area contributed by atoms with E-state index in [1.807, 2.05) is 25.1 Å². The number of nitrogens with zero attached hydrogens (tertiary/aromatic N) is 3. The normalized spacial score (nSPS) is 11.2. The number of aromatic nitrogens is 1. The van der Waals surface area contributed by atoms with Crippen molar-refractivity contribution in [3.63, 3.8) is 0 Å². The fourth-order valence-corrected chi connectivity index (χ4v) is 2.25. The molecule has 0 bridgehead atoms. The molecule has 0 aliphatic rings. The summed E-state index contributed by atoms with van der Waals surface area (Å²) in [5, 5.41) is 17.7. The molecule has 0 aliphatic heterocycles. The predicted octanol–water partition coefficient (Wildman–Crippen LogP) is 3.82. The molecule has 0 unspecified atom stereocenters. The van der Waals surface area contributed by atoms with Gasteiger partial charge >= 0.3 is 0 Å². The van der Waals surface area contributed by atoms with Crippen molar-refractivity contribution in [1.82, 2.24) is 4.98 Å². The van der Waals surface area contributed by atoms with Gasteiger partial charge in [-0.2, -0.15) is 5.11 Å². The van der Waals surface area contributed by atoms with Crippen molar-refractivity contribution in [1.29, 1.82) is 5.41 Å². The SMILES string of the molecule is Cc1ccc2cnc(N)c(N=Nc3ccc(C(=N)N)cc3)c2c1. The largest absolute Gasteiger partial charge is 0.384 e. The van der Waals surface area contributed by atoms with Gasteiger partial charge in [-0.1, -0.05) is 17.7 Å². The van der Waals surface area contributed by atoms with Crippen molar-refractivity contribution in [3.05, 3.63) is 59.8 Å². The van der Waals surface area contributed by atoms with Crippen molar-refractivity contribution in [3.8, 4) is 0 Å². The number of hydrogen-bond donors (Lipinski definition) is 3. The Morgan fingerprint density at radius 2 is 1.83 bits per heavy atom. The second-order valence-corrected chi connectivity index (χ2v) is 5.24. The number of nitrogens with one attached hydrogen (secondary N) is 1. The summed E-state index contributed by atoms with van der Waals surface area (Å²) in [6.07, 6.45) is 1.73. The molecule has 0 amide bonds. The number of nitrogens with two attached hydrogens (primary N) is 2. The number of azo groups is 1. The van der Waals surface area contributed by atoms with Gasteiger partial charge in [-0.15, -0.1) is 5.11 Å². The maximum atomic E-state index is 7.38. The van der Waals surface area contributed by atoms with Crippen LogP contribution in [0.25, 0.3) is 10.8 Å². The van der Waals surface area contributed by atoms with E-state index in [0.29, 0.717) is 22.8 Å². The number of pyridine rings is 1. The molecule has 2 aromatic carbocycles. The van der Waals surface area contributed by atoms with Crippen LogP contribution in [-0.4, -0.2) is 10.8 Å². The Morgan fingerprint density at radius 3 is 2.52 bits per heavy atom. The molecular weight excluding hydrogens is 288 g/mol. The second-order valence-electron chi connectivity index (χ2n) is 5.24. The van der Waals surface area contributed by atoms with Crippen LogP contribution in [0.15, 0.2) is 58.9 Å². The molecule has 0 saturated heterocycles. The molecule has 1 heterocycles. The van der Waals surface area contributed by atoms with Gasteiger partial charge in [-0.3, -0.25) is 5.41 Å². The highest BCUT2D eigenvalue weighted by Crippen LogP contribution is 2.32. The monoisotopic (exact) mass is 304 g/mol. The van der Waals surface area contributed by atoms with Crippen molar-refractivity contribution in [2.75, 3.05) is 5.73 Å². The maximum Gasteiger partial charge on any atom is 0.151 e. The summed E-state index contributed by atoms with van der Waals surface area (Å²) < 4.78 is 0. The summed E-state index contributed by atoms with van der Waals surface area (Å²) in [7, 11) is 0. The Labute approximate surface area is 133 Å². The molecule has 1 aromatic heterocycles. The lowest BCUT2D eigenvalue weighted by molar-refractivity contribution is 1.22. The molecule has 3 rings (SSSR count). The minimum absolute atomic E-state index is 0.0199. The predicted molar refractivity (Wildman–Crippen MR) is 92.5 cm³/mol. The lowest BCUT2D eigenvalue weighted by atomic mass is 10.1. The molecule has 23 heavy (non-hydrogen) atoms. The highest BCUT2D eigenvalue weighted by molar-refractivity contribution is 5.96. The Kier molecular flexibility index (Phi) is 3.72. The quantitative estimate of drug-likeness (QED) is 0.388. The van der Waals surface area contributed by atoms with E-state index < -0.39 is 0 Å². The van der Waals surface area contributed by atoms with Gasteiger partial charge in [0.15, 0.2) is 5.82 Å². The van der Waals surface area contributed by atoms with Crippen LogP contribution in [0.4, 0.5) is 17.2 Å². The number of benzene rings is 2. The van der Waals surface area contributed by atoms with Crippen LogP contribution in [-0.2, 0) is 0 Å². The number of fused-ring (bicyclic) bond motifs is 1. The average Bonchev–Trinajstić information content (AvgIpc) is 2.54. The summed E-state index contributed by atoms with van der Waals surface area (Å²) in [4.78, 5) is 4.17. The summed E-state index contributed by atoms with van der Waals surface area (Å²) in [6, 6.07) is 13.0. The van der Waals surface area contributed by atoms with Crippen LogP contribution in [0.1, 0.15) is 11.1 Å². The second kappa shape index (κ2) is 5.84. The molecule has 3 aromatic rings. The Bertz CT molecular complexity index is 907. The first kappa shape index (κ1) is 14.6. The number of rotatable bonds is 3. The van der Waals surface area contributed by atoms with E-state index >= 15 is 0 Å². The van der Waals surface area contributed by atoms with Gasteiger partial charge in [0.05, 0.1) is 5.69 Å². The third-order valence-corrected chi connectivity index (χ3v) is 3.49. The smallest absolute Gasteiger partial charge is 0.151 e. The molecule has 0 aliphatic carbocycles. The van der Waals surface area contributed by atoms with Gasteiger partial charge in [0, 0.05) is 22.5 Å². The fraction of sp³-hybridized carbons (Fsp3) is 0.0588. The van der Waals surface area contributed by atoms with E-state index in [0.717, 1.165) is 16.3 Å². The molecule has 6 heteroatoms. The van der Waals surface area contributed by atoms with E-state index in [1.165, 1.54) is 0 Å². The number of nitrogen functional groups attached to an aromatic ring is 2. The van der Waals surface area contributed by atoms with E-state index in [-0.39, 0.29) is 5.84 Å². The van der Waals surface area contributed by atoms with Gasteiger partial charge in [-0.05, 0) is 37.3 Å². The van der Waals surface area contributed by atoms with Crippen LogP contribution >= 0.6 is 0 Å². The fourth-order valence-electron chi connectivity index (χ4n) is 2.25. The molecule has 0 spiro atoms. The molecule has 0 fully saturated rings. The number of hydrogen-bond acceptors (Lipinski definition) is 5. The Morgan fingerprint density at radius 1 is 1.09 bits per heavy atom. The van der Waals surface area contributed by atoms with Crippen LogP contribution in [0.5, 0.6) is 0 Å². The lowest BCUT2D eigenvalue weighted by Crippen LogP contribution is -2.10. The van der Waals surface area contributed by atoms with E-state index in [1.54, 1.807) is 30.5 Å². The van der Waals surface area contributed by atoms with E-state index in [9.17, 15) is 0 Å². The first-order valence-electron chi connectivity index (χ1n) is 7.05. The molecule has 114 valence electrons. The molecule has 0 saturated carbocycles. The van der Waals surface area contributed by atoms with Gasteiger partial charge in [0.25, 0.3) is 0 Å². The zero-order chi connectivity index (χ0) is 16.4. The maximum absolute atomic E-state index is 7.38. The minimum atomic E-state index is 0.0199. The third-order valence-electron chi connectivity index (χ3n) is 3.49. The van der Waals surface area contributed by atoms with Crippen LogP contribution in [0.3, 0.4) is 0 Å². The van der Waals surface area contributed by atoms with Gasteiger partial charge in [0.2, 0.25) is 0 Å². The highest BCUT2D eigenvalue weighted by Gasteiger charge is 2.06. The summed E-state index contributed by atoms with van der Waals surface area (Å²) in [5.41, 5.74) is 14.4.